The number of sulfonamides is 1. The number of aryl methyl sites for hydroxylation is 2. The van der Waals surface area contributed by atoms with Crippen LogP contribution in [0, 0.1) is 11.3 Å². The van der Waals surface area contributed by atoms with Crippen molar-refractivity contribution >= 4 is 10.0 Å². The van der Waals surface area contributed by atoms with Gasteiger partial charge in [0.15, 0.2) is 0 Å². The summed E-state index contributed by atoms with van der Waals surface area (Å²) in [7, 11) is -3.14. The molecule has 2 aromatic rings. The standard InChI is InChI=1S/C21H30N4O2S/c1-3-24-13-19(11-22-24)12-23-14-20-15-25(28(2,26)27)17-21(20,16-23)10-9-18-7-5-4-6-8-18/h4-8,11,13,20H,3,9-10,12,14-17H2,1-2H3/t20-,21+/m0/s1. The Labute approximate surface area is 168 Å². The molecule has 2 aliphatic heterocycles. The summed E-state index contributed by atoms with van der Waals surface area (Å²) in [6.07, 6.45) is 7.44. The number of hydrogen-bond donors (Lipinski definition) is 0. The summed E-state index contributed by atoms with van der Waals surface area (Å²) < 4.78 is 28.0. The van der Waals surface area contributed by atoms with Gasteiger partial charge in [-0.1, -0.05) is 30.3 Å². The van der Waals surface area contributed by atoms with Gasteiger partial charge in [-0.25, -0.2) is 12.7 Å². The SMILES string of the molecule is CCn1cc(CN2C[C@H]3CN(S(C)(=O)=O)C[C@@]3(CCc3ccccc3)C2)cn1. The van der Waals surface area contributed by atoms with Crippen LogP contribution in [-0.2, 0) is 29.5 Å². The minimum atomic E-state index is -3.14. The van der Waals surface area contributed by atoms with E-state index in [1.54, 1.807) is 4.31 Å². The molecule has 1 aromatic carbocycles. The first-order valence-corrected chi connectivity index (χ1v) is 12.0. The molecule has 0 saturated carbocycles. The van der Waals surface area contributed by atoms with Gasteiger partial charge in [-0.15, -0.1) is 0 Å². The van der Waals surface area contributed by atoms with E-state index in [1.165, 1.54) is 17.4 Å². The zero-order chi connectivity index (χ0) is 19.8. The topological polar surface area (TPSA) is 58.4 Å². The van der Waals surface area contributed by atoms with Crippen LogP contribution in [0.15, 0.2) is 42.7 Å². The molecule has 2 atom stereocenters. The number of likely N-dealkylation sites (tertiary alicyclic amines) is 1. The molecule has 0 radical (unpaired) electrons. The van der Waals surface area contributed by atoms with Crippen molar-refractivity contribution in [3.8, 4) is 0 Å². The minimum absolute atomic E-state index is 0.0413. The van der Waals surface area contributed by atoms with Crippen molar-refractivity contribution in [1.29, 1.82) is 0 Å². The Kier molecular flexibility index (Phi) is 5.33. The van der Waals surface area contributed by atoms with E-state index in [1.807, 2.05) is 16.9 Å². The molecule has 0 N–H and O–H groups in total. The highest BCUT2D eigenvalue weighted by atomic mass is 32.2. The highest BCUT2D eigenvalue weighted by Crippen LogP contribution is 2.46. The van der Waals surface area contributed by atoms with Crippen LogP contribution in [0.2, 0.25) is 0 Å². The molecule has 0 bridgehead atoms. The van der Waals surface area contributed by atoms with Crippen molar-refractivity contribution in [2.24, 2.45) is 11.3 Å². The monoisotopic (exact) mass is 402 g/mol. The van der Waals surface area contributed by atoms with Crippen molar-refractivity contribution in [2.75, 3.05) is 32.4 Å². The lowest BCUT2D eigenvalue weighted by atomic mass is 9.76. The molecule has 1 aromatic heterocycles. The third-order valence-electron chi connectivity index (χ3n) is 6.44. The Hall–Kier alpha value is -1.70. The van der Waals surface area contributed by atoms with Crippen LogP contribution in [0.3, 0.4) is 0 Å². The lowest BCUT2D eigenvalue weighted by molar-refractivity contribution is 0.224. The Balaban J connectivity index is 1.50. The summed E-state index contributed by atoms with van der Waals surface area (Å²) in [4.78, 5) is 2.49. The van der Waals surface area contributed by atoms with Crippen LogP contribution in [-0.4, -0.2) is 59.8 Å². The van der Waals surface area contributed by atoms with Crippen molar-refractivity contribution in [2.45, 2.75) is 32.9 Å². The second kappa shape index (κ2) is 7.61. The van der Waals surface area contributed by atoms with Crippen molar-refractivity contribution in [1.82, 2.24) is 19.0 Å². The zero-order valence-corrected chi connectivity index (χ0v) is 17.6. The average molecular weight is 403 g/mol. The van der Waals surface area contributed by atoms with Gasteiger partial charge in [0.2, 0.25) is 10.0 Å². The van der Waals surface area contributed by atoms with Gasteiger partial charge >= 0.3 is 0 Å². The largest absolute Gasteiger partial charge is 0.298 e. The van der Waals surface area contributed by atoms with Crippen LogP contribution >= 0.6 is 0 Å². The highest BCUT2D eigenvalue weighted by Gasteiger charge is 2.53. The van der Waals surface area contributed by atoms with Crippen LogP contribution in [0.25, 0.3) is 0 Å². The fourth-order valence-corrected chi connectivity index (χ4v) is 5.87. The predicted octanol–water partition coefficient (Wildman–Crippen LogP) is 2.23. The van der Waals surface area contributed by atoms with Gasteiger partial charge < -0.3 is 0 Å². The first-order valence-electron chi connectivity index (χ1n) is 10.1. The fraction of sp³-hybridized carbons (Fsp3) is 0.571. The molecule has 2 fully saturated rings. The van der Waals surface area contributed by atoms with E-state index in [4.69, 9.17) is 0 Å². The summed E-state index contributed by atoms with van der Waals surface area (Å²) in [6, 6.07) is 10.5. The molecule has 152 valence electrons. The van der Waals surface area contributed by atoms with Gasteiger partial charge in [0.1, 0.15) is 0 Å². The van der Waals surface area contributed by atoms with Crippen LogP contribution in [0.5, 0.6) is 0 Å². The molecule has 0 spiro atoms. The third kappa shape index (κ3) is 4.02. The molecule has 2 saturated heterocycles. The number of nitrogens with zero attached hydrogens (tertiary/aromatic N) is 4. The van der Waals surface area contributed by atoms with Gasteiger partial charge in [-0.3, -0.25) is 9.58 Å². The average Bonchev–Trinajstić information content (AvgIpc) is 3.33. The Bertz CT molecular complexity index is 911. The normalized spacial score (nSPS) is 26.0. The summed E-state index contributed by atoms with van der Waals surface area (Å²) in [5.41, 5.74) is 2.61. The number of benzene rings is 1. The smallest absolute Gasteiger partial charge is 0.211 e. The fourth-order valence-electron chi connectivity index (χ4n) is 4.93. The predicted molar refractivity (Wildman–Crippen MR) is 110 cm³/mol. The summed E-state index contributed by atoms with van der Waals surface area (Å²) in [5.74, 6) is 0.396. The van der Waals surface area contributed by atoms with E-state index in [9.17, 15) is 8.42 Å². The van der Waals surface area contributed by atoms with Gasteiger partial charge in [0.05, 0.1) is 12.5 Å². The molecule has 0 unspecified atom stereocenters. The second-order valence-electron chi connectivity index (χ2n) is 8.47. The summed E-state index contributed by atoms with van der Waals surface area (Å²) in [5, 5.41) is 4.39. The molecule has 3 heterocycles. The molecular weight excluding hydrogens is 372 g/mol. The Morgan fingerprint density at radius 1 is 1.14 bits per heavy atom. The summed E-state index contributed by atoms with van der Waals surface area (Å²) in [6.45, 7) is 7.07. The molecule has 6 nitrogen and oxygen atoms in total. The van der Waals surface area contributed by atoms with Crippen LogP contribution in [0.1, 0.15) is 24.5 Å². The zero-order valence-electron chi connectivity index (χ0n) is 16.8. The maximum atomic E-state index is 12.2. The maximum Gasteiger partial charge on any atom is 0.211 e. The van der Waals surface area contributed by atoms with E-state index >= 15 is 0 Å². The third-order valence-corrected chi connectivity index (χ3v) is 7.65. The number of aromatic nitrogens is 2. The lowest BCUT2D eigenvalue weighted by Gasteiger charge is -2.29. The number of rotatable bonds is 7. The van der Waals surface area contributed by atoms with E-state index in [2.05, 4.69) is 47.4 Å². The van der Waals surface area contributed by atoms with E-state index < -0.39 is 10.0 Å². The molecule has 2 aliphatic rings. The first kappa shape index (κ1) is 19.6. The molecule has 4 rings (SSSR count). The Morgan fingerprint density at radius 3 is 2.61 bits per heavy atom. The molecule has 7 heteroatoms. The molecule has 28 heavy (non-hydrogen) atoms. The van der Waals surface area contributed by atoms with E-state index in [0.29, 0.717) is 19.0 Å². The van der Waals surface area contributed by atoms with Crippen molar-refractivity contribution in [3.05, 3.63) is 53.9 Å². The lowest BCUT2D eigenvalue weighted by Crippen LogP contribution is -2.36. The quantitative estimate of drug-likeness (QED) is 0.713. The first-order chi connectivity index (χ1) is 13.4. The van der Waals surface area contributed by atoms with E-state index in [0.717, 1.165) is 39.0 Å². The number of hydrogen-bond acceptors (Lipinski definition) is 4. The number of fused-ring (bicyclic) bond motifs is 1. The summed E-state index contributed by atoms with van der Waals surface area (Å²) >= 11 is 0. The molecular formula is C21H30N4O2S. The molecule has 0 aliphatic carbocycles. The van der Waals surface area contributed by atoms with Gasteiger partial charge in [0, 0.05) is 56.4 Å². The highest BCUT2D eigenvalue weighted by molar-refractivity contribution is 7.88. The van der Waals surface area contributed by atoms with Gasteiger partial charge in [-0.05, 0) is 31.2 Å². The van der Waals surface area contributed by atoms with Crippen LogP contribution < -0.4 is 0 Å². The second-order valence-corrected chi connectivity index (χ2v) is 10.5. The van der Waals surface area contributed by atoms with Gasteiger partial charge in [0.25, 0.3) is 0 Å². The van der Waals surface area contributed by atoms with Crippen molar-refractivity contribution in [3.63, 3.8) is 0 Å². The Morgan fingerprint density at radius 2 is 1.93 bits per heavy atom. The van der Waals surface area contributed by atoms with Crippen LogP contribution in [0.4, 0.5) is 0 Å². The van der Waals surface area contributed by atoms with E-state index in [-0.39, 0.29) is 5.41 Å². The molecule has 0 amide bonds. The van der Waals surface area contributed by atoms with Gasteiger partial charge in [-0.2, -0.15) is 5.10 Å². The minimum Gasteiger partial charge on any atom is -0.298 e. The maximum absolute atomic E-state index is 12.2. The van der Waals surface area contributed by atoms with Crippen molar-refractivity contribution < 1.29 is 8.42 Å².